The first kappa shape index (κ1) is 13.2. The molecule has 0 unspecified atom stereocenters. The van der Waals surface area contributed by atoms with Gasteiger partial charge < -0.3 is 16.0 Å². The summed E-state index contributed by atoms with van der Waals surface area (Å²) >= 11 is 0. The third-order valence-corrected chi connectivity index (χ3v) is 3.76. The summed E-state index contributed by atoms with van der Waals surface area (Å²) in [6, 6.07) is 0.621. The first-order valence-corrected chi connectivity index (χ1v) is 7.05. The van der Waals surface area contributed by atoms with Crippen LogP contribution in [-0.4, -0.2) is 30.6 Å². The van der Waals surface area contributed by atoms with Gasteiger partial charge in [0.15, 0.2) is 0 Å². The average Bonchev–Trinajstić information content (AvgIpc) is 3.00. The number of nitrogens with one attached hydrogen (secondary N) is 1. The molecular formula is C15H25N3. The second kappa shape index (κ2) is 6.64. The van der Waals surface area contributed by atoms with Gasteiger partial charge in [0.2, 0.25) is 0 Å². The topological polar surface area (TPSA) is 41.3 Å². The van der Waals surface area contributed by atoms with Crippen molar-refractivity contribution in [1.29, 1.82) is 0 Å². The van der Waals surface area contributed by atoms with Crippen molar-refractivity contribution in [1.82, 2.24) is 10.2 Å². The third-order valence-electron chi connectivity index (χ3n) is 3.76. The molecule has 0 aromatic heterocycles. The summed E-state index contributed by atoms with van der Waals surface area (Å²) in [5, 5.41) is 3.52. The predicted molar refractivity (Wildman–Crippen MR) is 77.0 cm³/mol. The van der Waals surface area contributed by atoms with E-state index in [9.17, 15) is 0 Å². The minimum Gasteiger partial charge on any atom is -0.405 e. The van der Waals surface area contributed by atoms with Crippen molar-refractivity contribution in [3.63, 3.8) is 0 Å². The number of nitrogens with two attached hydrogens (primary N) is 1. The Kier molecular flexibility index (Phi) is 4.88. The number of nitrogens with zero attached hydrogens (tertiary/aromatic N) is 1. The van der Waals surface area contributed by atoms with Crippen LogP contribution < -0.4 is 11.1 Å². The van der Waals surface area contributed by atoms with Gasteiger partial charge in [0, 0.05) is 24.8 Å². The van der Waals surface area contributed by atoms with E-state index in [2.05, 4.69) is 22.9 Å². The lowest BCUT2D eigenvalue weighted by atomic mass is 10.0. The standard InChI is InChI=1S/C15H25N3/c1-13(11-14-5-4-8-17-14)12-15(6-7-16)18-9-2-3-10-18/h6-7,12,14,17H,1-5,8-11,16H2/b7-6-,15-12+/t14-/m0/s1. The highest BCUT2D eigenvalue weighted by atomic mass is 15.1. The zero-order valence-corrected chi connectivity index (χ0v) is 11.2. The maximum Gasteiger partial charge on any atom is 0.0383 e. The van der Waals surface area contributed by atoms with Crippen LogP contribution in [0.3, 0.4) is 0 Å². The van der Waals surface area contributed by atoms with Gasteiger partial charge in [0.25, 0.3) is 0 Å². The molecule has 0 bridgehead atoms. The highest BCUT2D eigenvalue weighted by molar-refractivity contribution is 5.28. The predicted octanol–water partition coefficient (Wildman–Crippen LogP) is 2.14. The molecule has 2 saturated heterocycles. The smallest absolute Gasteiger partial charge is 0.0383 e. The maximum absolute atomic E-state index is 5.55. The van der Waals surface area contributed by atoms with Gasteiger partial charge in [-0.05, 0) is 57.0 Å². The zero-order valence-electron chi connectivity index (χ0n) is 11.2. The molecule has 0 aromatic carbocycles. The molecule has 0 radical (unpaired) electrons. The molecular weight excluding hydrogens is 222 g/mol. The molecule has 100 valence electrons. The lowest BCUT2D eigenvalue weighted by Crippen LogP contribution is -2.22. The minimum atomic E-state index is 0.621. The number of hydrogen-bond donors (Lipinski definition) is 2. The fraction of sp³-hybridized carbons (Fsp3) is 0.600. The van der Waals surface area contributed by atoms with Gasteiger partial charge in [-0.3, -0.25) is 0 Å². The second-order valence-electron chi connectivity index (χ2n) is 5.28. The van der Waals surface area contributed by atoms with Gasteiger partial charge in [-0.2, -0.15) is 0 Å². The van der Waals surface area contributed by atoms with Crippen LogP contribution in [0.4, 0.5) is 0 Å². The van der Waals surface area contributed by atoms with Crippen LogP contribution >= 0.6 is 0 Å². The Balaban J connectivity index is 1.94. The Hall–Kier alpha value is -1.22. The molecule has 3 N–H and O–H groups in total. The Morgan fingerprint density at radius 3 is 2.72 bits per heavy atom. The summed E-state index contributed by atoms with van der Waals surface area (Å²) in [6.45, 7) is 7.64. The molecule has 0 aromatic rings. The Labute approximate surface area is 110 Å². The molecule has 1 atom stereocenters. The fourth-order valence-corrected chi connectivity index (χ4v) is 2.83. The lowest BCUT2D eigenvalue weighted by molar-refractivity contribution is 0.439. The molecule has 2 rings (SSSR count). The van der Waals surface area contributed by atoms with Crippen molar-refractivity contribution in [2.45, 2.75) is 38.1 Å². The lowest BCUT2D eigenvalue weighted by Gasteiger charge is -2.20. The van der Waals surface area contributed by atoms with E-state index >= 15 is 0 Å². The van der Waals surface area contributed by atoms with Gasteiger partial charge in [-0.15, -0.1) is 0 Å². The van der Waals surface area contributed by atoms with Crippen molar-refractivity contribution in [3.8, 4) is 0 Å². The fourth-order valence-electron chi connectivity index (χ4n) is 2.83. The summed E-state index contributed by atoms with van der Waals surface area (Å²) in [7, 11) is 0. The van der Waals surface area contributed by atoms with Gasteiger partial charge in [0.05, 0.1) is 0 Å². The van der Waals surface area contributed by atoms with Crippen LogP contribution in [0.15, 0.2) is 36.2 Å². The van der Waals surface area contributed by atoms with Gasteiger partial charge >= 0.3 is 0 Å². The van der Waals surface area contributed by atoms with Crippen molar-refractivity contribution in [2.75, 3.05) is 19.6 Å². The first-order chi connectivity index (χ1) is 8.79. The normalized spacial score (nSPS) is 25.2. The Morgan fingerprint density at radius 2 is 2.11 bits per heavy atom. The van der Waals surface area contributed by atoms with Crippen LogP contribution in [0.5, 0.6) is 0 Å². The van der Waals surface area contributed by atoms with Gasteiger partial charge in [-0.25, -0.2) is 0 Å². The number of hydrogen-bond acceptors (Lipinski definition) is 3. The molecule has 2 heterocycles. The van der Waals surface area contributed by atoms with Crippen LogP contribution in [0.25, 0.3) is 0 Å². The van der Waals surface area contributed by atoms with Crippen LogP contribution in [0, 0.1) is 0 Å². The molecule has 2 fully saturated rings. The highest BCUT2D eigenvalue weighted by Crippen LogP contribution is 2.20. The zero-order chi connectivity index (χ0) is 12.8. The van der Waals surface area contributed by atoms with Crippen LogP contribution in [0.2, 0.25) is 0 Å². The van der Waals surface area contributed by atoms with Crippen molar-refractivity contribution < 1.29 is 0 Å². The van der Waals surface area contributed by atoms with E-state index in [1.54, 1.807) is 6.20 Å². The van der Waals surface area contributed by atoms with E-state index < -0.39 is 0 Å². The second-order valence-corrected chi connectivity index (χ2v) is 5.28. The molecule has 0 aliphatic carbocycles. The third kappa shape index (κ3) is 3.64. The van der Waals surface area contributed by atoms with Crippen molar-refractivity contribution >= 4 is 0 Å². The SMILES string of the molecule is C=C(/C=C(\C=C/N)N1CCCC1)C[C@@H]1CCCN1. The Morgan fingerprint density at radius 1 is 1.33 bits per heavy atom. The molecule has 2 aliphatic heterocycles. The van der Waals surface area contributed by atoms with Crippen molar-refractivity contribution in [2.24, 2.45) is 5.73 Å². The molecule has 3 nitrogen and oxygen atoms in total. The first-order valence-electron chi connectivity index (χ1n) is 7.05. The quantitative estimate of drug-likeness (QED) is 0.731. The van der Waals surface area contributed by atoms with E-state index in [0.29, 0.717) is 6.04 Å². The largest absolute Gasteiger partial charge is 0.405 e. The summed E-state index contributed by atoms with van der Waals surface area (Å²) in [6.07, 6.45) is 12.0. The molecule has 0 spiro atoms. The van der Waals surface area contributed by atoms with Gasteiger partial charge in [-0.1, -0.05) is 12.2 Å². The average molecular weight is 247 g/mol. The monoisotopic (exact) mass is 247 g/mol. The molecule has 2 aliphatic rings. The summed E-state index contributed by atoms with van der Waals surface area (Å²) < 4.78 is 0. The number of likely N-dealkylation sites (tertiary alicyclic amines) is 1. The van der Waals surface area contributed by atoms with Crippen LogP contribution in [-0.2, 0) is 0 Å². The Bertz CT molecular complexity index is 332. The van der Waals surface area contributed by atoms with E-state index in [1.807, 2.05) is 6.08 Å². The maximum atomic E-state index is 5.55. The van der Waals surface area contributed by atoms with Crippen molar-refractivity contribution in [3.05, 3.63) is 36.2 Å². The van der Waals surface area contributed by atoms with E-state index in [1.165, 1.54) is 37.0 Å². The number of allylic oxidation sites excluding steroid dienone is 2. The van der Waals surface area contributed by atoms with E-state index in [-0.39, 0.29) is 0 Å². The minimum absolute atomic E-state index is 0.621. The summed E-state index contributed by atoms with van der Waals surface area (Å²) in [4.78, 5) is 2.40. The highest BCUT2D eigenvalue weighted by Gasteiger charge is 2.16. The van der Waals surface area contributed by atoms with Crippen LogP contribution in [0.1, 0.15) is 32.1 Å². The van der Waals surface area contributed by atoms with E-state index in [0.717, 1.165) is 26.1 Å². The van der Waals surface area contributed by atoms with E-state index in [4.69, 9.17) is 5.73 Å². The summed E-state index contributed by atoms with van der Waals surface area (Å²) in [5.41, 5.74) is 7.97. The molecule has 0 saturated carbocycles. The molecule has 3 heteroatoms. The molecule has 0 amide bonds. The van der Waals surface area contributed by atoms with Gasteiger partial charge in [0.1, 0.15) is 0 Å². The number of rotatable bonds is 5. The summed E-state index contributed by atoms with van der Waals surface area (Å²) in [5.74, 6) is 0. The molecule has 18 heavy (non-hydrogen) atoms.